The zero-order valence-corrected chi connectivity index (χ0v) is 9.57. The van der Waals surface area contributed by atoms with Gasteiger partial charge in [0, 0.05) is 12.7 Å². The first kappa shape index (κ1) is 10.5. The van der Waals surface area contributed by atoms with E-state index >= 15 is 0 Å². The molecule has 0 saturated heterocycles. The van der Waals surface area contributed by atoms with E-state index in [0.717, 1.165) is 6.54 Å². The Hall–Kier alpha value is -2.01. The van der Waals surface area contributed by atoms with Gasteiger partial charge in [0.25, 0.3) is 0 Å². The molecule has 0 amide bonds. The molecule has 0 radical (unpaired) electrons. The molecule has 0 aliphatic rings. The Morgan fingerprint density at radius 2 is 2.00 bits per heavy atom. The van der Waals surface area contributed by atoms with Crippen LogP contribution < -0.4 is 0 Å². The Morgan fingerprint density at radius 1 is 1.19 bits per heavy atom. The Balaban J connectivity index is 2.28. The highest BCUT2D eigenvalue weighted by Crippen LogP contribution is 2.12. The first-order valence-corrected chi connectivity index (χ1v) is 5.32. The Bertz CT molecular complexity index is 544. The van der Waals surface area contributed by atoms with E-state index in [1.807, 2.05) is 22.9 Å². The van der Waals surface area contributed by atoms with Gasteiger partial charge in [0.1, 0.15) is 11.8 Å². The number of nitrogens with zero attached hydrogens (tertiary/aromatic N) is 2. The van der Waals surface area contributed by atoms with Gasteiger partial charge in [-0.2, -0.15) is 5.26 Å². The predicted octanol–water partition coefficient (Wildman–Crippen LogP) is 3.02. The van der Waals surface area contributed by atoms with E-state index in [-0.39, 0.29) is 0 Å². The Kier molecular flexibility index (Phi) is 2.78. The highest BCUT2D eigenvalue weighted by Gasteiger charge is 2.01. The van der Waals surface area contributed by atoms with Crippen molar-refractivity contribution in [2.24, 2.45) is 0 Å². The Labute approximate surface area is 95.8 Å². The maximum atomic E-state index is 8.91. The number of rotatable bonds is 2. The van der Waals surface area contributed by atoms with Crippen molar-refractivity contribution >= 4 is 0 Å². The zero-order valence-electron chi connectivity index (χ0n) is 9.57. The molecule has 1 aromatic heterocycles. The fourth-order valence-electron chi connectivity index (χ4n) is 1.75. The number of hydrogen-bond acceptors (Lipinski definition) is 1. The monoisotopic (exact) mass is 210 g/mol. The second kappa shape index (κ2) is 4.24. The lowest BCUT2D eigenvalue weighted by atomic mass is 10.1. The molecule has 16 heavy (non-hydrogen) atoms. The van der Waals surface area contributed by atoms with Crippen molar-refractivity contribution in [2.75, 3.05) is 0 Å². The second-order valence-electron chi connectivity index (χ2n) is 4.05. The molecule has 1 aromatic carbocycles. The molecule has 2 aromatic rings. The molecule has 80 valence electrons. The van der Waals surface area contributed by atoms with Crippen LogP contribution in [-0.2, 0) is 6.54 Å². The highest BCUT2D eigenvalue weighted by atomic mass is 15.0. The van der Waals surface area contributed by atoms with Crippen LogP contribution >= 0.6 is 0 Å². The standard InChI is InChI=1S/C14H14N2/c1-11-5-6-13(8-12(11)2)10-16-7-3-4-14(16)9-15/h3-8H,10H2,1-2H3. The quantitative estimate of drug-likeness (QED) is 0.749. The lowest BCUT2D eigenvalue weighted by molar-refractivity contribution is 0.792. The molecule has 0 saturated carbocycles. The topological polar surface area (TPSA) is 28.7 Å². The summed E-state index contributed by atoms with van der Waals surface area (Å²) in [6.45, 7) is 4.98. The molecule has 1 heterocycles. The van der Waals surface area contributed by atoms with E-state index in [9.17, 15) is 0 Å². The van der Waals surface area contributed by atoms with Gasteiger partial charge in [0.2, 0.25) is 0 Å². The smallest absolute Gasteiger partial charge is 0.120 e. The van der Waals surface area contributed by atoms with Gasteiger partial charge in [-0.15, -0.1) is 0 Å². The van der Waals surface area contributed by atoms with Gasteiger partial charge in [-0.3, -0.25) is 0 Å². The largest absolute Gasteiger partial charge is 0.335 e. The van der Waals surface area contributed by atoms with E-state index < -0.39 is 0 Å². The van der Waals surface area contributed by atoms with Crippen molar-refractivity contribution in [3.8, 4) is 6.07 Å². The molecule has 0 unspecified atom stereocenters. The van der Waals surface area contributed by atoms with Crippen LogP contribution in [0.15, 0.2) is 36.5 Å². The minimum absolute atomic E-state index is 0.707. The maximum absolute atomic E-state index is 8.91. The summed E-state index contributed by atoms with van der Waals surface area (Å²) >= 11 is 0. The van der Waals surface area contributed by atoms with Gasteiger partial charge < -0.3 is 4.57 Å². The summed E-state index contributed by atoms with van der Waals surface area (Å²) in [5.41, 5.74) is 4.54. The van der Waals surface area contributed by atoms with Crippen LogP contribution in [0.4, 0.5) is 0 Å². The second-order valence-corrected chi connectivity index (χ2v) is 4.05. The summed E-state index contributed by atoms with van der Waals surface area (Å²) in [5.74, 6) is 0. The lowest BCUT2D eigenvalue weighted by Gasteiger charge is -2.07. The molecule has 2 rings (SSSR count). The van der Waals surface area contributed by atoms with Gasteiger partial charge in [0.15, 0.2) is 0 Å². The van der Waals surface area contributed by atoms with Crippen LogP contribution in [0.3, 0.4) is 0 Å². The van der Waals surface area contributed by atoms with Crippen molar-refractivity contribution in [3.63, 3.8) is 0 Å². The molecule has 0 aliphatic carbocycles. The van der Waals surface area contributed by atoms with Crippen molar-refractivity contribution < 1.29 is 0 Å². The maximum Gasteiger partial charge on any atom is 0.120 e. The minimum atomic E-state index is 0.707. The van der Waals surface area contributed by atoms with E-state index in [2.05, 4.69) is 38.1 Å². The molecule has 2 heteroatoms. The first-order valence-electron chi connectivity index (χ1n) is 5.32. The van der Waals surface area contributed by atoms with E-state index in [1.54, 1.807) is 0 Å². The summed E-state index contributed by atoms with van der Waals surface area (Å²) in [4.78, 5) is 0. The average Bonchev–Trinajstić information content (AvgIpc) is 2.71. The van der Waals surface area contributed by atoms with E-state index in [0.29, 0.717) is 5.69 Å². The number of nitriles is 1. The molecule has 0 aliphatic heterocycles. The molecule has 0 bridgehead atoms. The Morgan fingerprint density at radius 3 is 2.69 bits per heavy atom. The molecule has 0 N–H and O–H groups in total. The van der Waals surface area contributed by atoms with Crippen LogP contribution in [0, 0.1) is 25.2 Å². The van der Waals surface area contributed by atoms with Gasteiger partial charge in [-0.05, 0) is 42.7 Å². The van der Waals surface area contributed by atoms with Crippen molar-refractivity contribution in [1.29, 1.82) is 5.26 Å². The van der Waals surface area contributed by atoms with Crippen molar-refractivity contribution in [3.05, 3.63) is 58.9 Å². The molecule has 0 spiro atoms. The molecular formula is C14H14N2. The summed E-state index contributed by atoms with van der Waals surface area (Å²) in [7, 11) is 0. The average molecular weight is 210 g/mol. The van der Waals surface area contributed by atoms with Gasteiger partial charge in [0.05, 0.1) is 0 Å². The number of hydrogen-bond donors (Lipinski definition) is 0. The van der Waals surface area contributed by atoms with Gasteiger partial charge >= 0.3 is 0 Å². The molecular weight excluding hydrogens is 196 g/mol. The summed E-state index contributed by atoms with van der Waals surface area (Å²) in [6.07, 6.45) is 1.94. The fraction of sp³-hybridized carbons (Fsp3) is 0.214. The summed E-state index contributed by atoms with van der Waals surface area (Å²) in [6, 6.07) is 12.3. The summed E-state index contributed by atoms with van der Waals surface area (Å²) < 4.78 is 1.96. The third kappa shape index (κ3) is 1.99. The van der Waals surface area contributed by atoms with Crippen molar-refractivity contribution in [1.82, 2.24) is 4.57 Å². The third-order valence-corrected chi connectivity index (χ3v) is 2.87. The predicted molar refractivity (Wildman–Crippen MR) is 64.2 cm³/mol. The molecule has 0 fully saturated rings. The van der Waals surface area contributed by atoms with Crippen LogP contribution in [0.5, 0.6) is 0 Å². The normalized spacial score (nSPS) is 10.1. The fourth-order valence-corrected chi connectivity index (χ4v) is 1.75. The SMILES string of the molecule is Cc1ccc(Cn2cccc2C#N)cc1C. The van der Waals surface area contributed by atoms with Gasteiger partial charge in [-0.25, -0.2) is 0 Å². The zero-order chi connectivity index (χ0) is 11.5. The van der Waals surface area contributed by atoms with Crippen LogP contribution in [0.2, 0.25) is 0 Å². The van der Waals surface area contributed by atoms with Crippen molar-refractivity contribution in [2.45, 2.75) is 20.4 Å². The molecule has 0 atom stereocenters. The van der Waals surface area contributed by atoms with Crippen LogP contribution in [0.25, 0.3) is 0 Å². The van der Waals surface area contributed by atoms with Crippen LogP contribution in [-0.4, -0.2) is 4.57 Å². The van der Waals surface area contributed by atoms with Gasteiger partial charge in [-0.1, -0.05) is 18.2 Å². The number of benzene rings is 1. The number of aromatic nitrogens is 1. The van der Waals surface area contributed by atoms with E-state index in [4.69, 9.17) is 5.26 Å². The van der Waals surface area contributed by atoms with E-state index in [1.165, 1.54) is 16.7 Å². The summed E-state index contributed by atoms with van der Waals surface area (Å²) in [5, 5.41) is 8.91. The molecule has 2 nitrogen and oxygen atoms in total. The first-order chi connectivity index (χ1) is 7.70. The minimum Gasteiger partial charge on any atom is -0.335 e. The lowest BCUT2D eigenvalue weighted by Crippen LogP contribution is -2.01. The number of aryl methyl sites for hydroxylation is 2. The van der Waals surface area contributed by atoms with Crippen LogP contribution in [0.1, 0.15) is 22.4 Å². The third-order valence-electron chi connectivity index (χ3n) is 2.87. The highest BCUT2D eigenvalue weighted by molar-refractivity contribution is 5.31.